The van der Waals surface area contributed by atoms with Gasteiger partial charge in [-0.25, -0.2) is 0 Å². The predicted molar refractivity (Wildman–Crippen MR) is 48.2 cm³/mol. The fraction of sp³-hybridized carbons (Fsp3) is 0.625. The molecule has 0 atom stereocenters. The van der Waals surface area contributed by atoms with Crippen molar-refractivity contribution in [3.8, 4) is 0 Å². The number of amidine groups is 1. The minimum absolute atomic E-state index is 0.286. The van der Waals surface area contributed by atoms with Gasteiger partial charge in [0.1, 0.15) is 5.84 Å². The first-order valence-electron chi connectivity index (χ1n) is 4.17. The molecule has 1 rings (SSSR count). The third-order valence-electron chi connectivity index (χ3n) is 1.95. The molecule has 0 fully saturated rings. The fourth-order valence-electron chi connectivity index (χ4n) is 1.24. The highest BCUT2D eigenvalue weighted by molar-refractivity contribution is 5.79. The zero-order valence-electron chi connectivity index (χ0n) is 7.03. The van der Waals surface area contributed by atoms with Crippen LogP contribution in [0.5, 0.6) is 0 Å². The number of rotatable bonds is 4. The molecule has 0 amide bonds. The molecule has 0 aromatic rings. The molecule has 0 aromatic heterocycles. The fourth-order valence-corrected chi connectivity index (χ4v) is 1.24. The van der Waals surface area contributed by atoms with E-state index in [9.17, 15) is 0 Å². The molecule has 0 aliphatic heterocycles. The largest absolute Gasteiger partial charge is 0.409 e. The Morgan fingerprint density at radius 3 is 2.83 bits per heavy atom. The molecule has 0 spiro atoms. The maximum absolute atomic E-state index is 8.25. The molecule has 4 heteroatoms. The summed E-state index contributed by atoms with van der Waals surface area (Å²) in [7, 11) is 0. The van der Waals surface area contributed by atoms with Gasteiger partial charge in [-0.15, -0.1) is 0 Å². The Hall–Kier alpha value is -1.03. The Balaban J connectivity index is 2.02. The number of nitrogens with zero attached hydrogens (tertiary/aromatic N) is 1. The van der Waals surface area contributed by atoms with E-state index < -0.39 is 0 Å². The molecule has 68 valence electrons. The second-order valence-corrected chi connectivity index (χ2v) is 2.94. The van der Waals surface area contributed by atoms with Crippen molar-refractivity contribution in [2.75, 3.05) is 6.54 Å². The Labute approximate surface area is 72.1 Å². The second kappa shape index (κ2) is 4.77. The number of nitrogens with two attached hydrogens (primary N) is 1. The molecular formula is C8H15N3O. The molecule has 0 unspecified atom stereocenters. The van der Waals surface area contributed by atoms with Crippen LogP contribution in [-0.4, -0.2) is 23.6 Å². The molecular weight excluding hydrogens is 154 g/mol. The Bertz CT molecular complexity index is 181. The highest BCUT2D eigenvalue weighted by atomic mass is 16.4. The Morgan fingerprint density at radius 2 is 2.25 bits per heavy atom. The number of hydrogen-bond donors (Lipinski definition) is 3. The van der Waals surface area contributed by atoms with E-state index in [4.69, 9.17) is 10.9 Å². The van der Waals surface area contributed by atoms with Crippen LogP contribution in [0.2, 0.25) is 0 Å². The lowest BCUT2D eigenvalue weighted by Gasteiger charge is -2.10. The zero-order valence-corrected chi connectivity index (χ0v) is 7.03. The zero-order chi connectivity index (χ0) is 8.81. The smallest absolute Gasteiger partial charge is 0.140 e. The summed E-state index contributed by atoms with van der Waals surface area (Å²) in [6, 6.07) is 0.552. The Kier molecular flexibility index (Phi) is 3.60. The van der Waals surface area contributed by atoms with Crippen molar-refractivity contribution < 1.29 is 5.21 Å². The maximum Gasteiger partial charge on any atom is 0.140 e. The van der Waals surface area contributed by atoms with Gasteiger partial charge in [-0.1, -0.05) is 17.3 Å². The van der Waals surface area contributed by atoms with Crippen LogP contribution in [-0.2, 0) is 0 Å². The molecule has 1 aliphatic carbocycles. The third kappa shape index (κ3) is 2.92. The number of nitrogens with one attached hydrogen (secondary N) is 1. The van der Waals surface area contributed by atoms with Gasteiger partial charge in [0, 0.05) is 19.0 Å². The monoisotopic (exact) mass is 169 g/mol. The van der Waals surface area contributed by atoms with Gasteiger partial charge in [-0.05, 0) is 12.8 Å². The van der Waals surface area contributed by atoms with Crippen LogP contribution in [0.4, 0.5) is 0 Å². The summed E-state index contributed by atoms with van der Waals surface area (Å²) in [6.45, 7) is 0.780. The van der Waals surface area contributed by atoms with E-state index in [0.29, 0.717) is 12.5 Å². The summed E-state index contributed by atoms with van der Waals surface area (Å²) in [4.78, 5) is 0. The van der Waals surface area contributed by atoms with E-state index in [1.807, 2.05) is 0 Å². The summed E-state index contributed by atoms with van der Waals surface area (Å²) in [5.74, 6) is 0.286. The van der Waals surface area contributed by atoms with Crippen molar-refractivity contribution in [3.05, 3.63) is 12.2 Å². The molecule has 0 aromatic carbocycles. The van der Waals surface area contributed by atoms with Gasteiger partial charge in [-0.2, -0.15) is 0 Å². The van der Waals surface area contributed by atoms with E-state index >= 15 is 0 Å². The van der Waals surface area contributed by atoms with Crippen LogP contribution < -0.4 is 11.1 Å². The summed E-state index contributed by atoms with van der Waals surface area (Å²) < 4.78 is 0. The van der Waals surface area contributed by atoms with Gasteiger partial charge < -0.3 is 16.3 Å². The lowest BCUT2D eigenvalue weighted by molar-refractivity contribution is 0.316. The van der Waals surface area contributed by atoms with E-state index in [2.05, 4.69) is 22.6 Å². The van der Waals surface area contributed by atoms with E-state index in [1.54, 1.807) is 0 Å². The molecule has 12 heavy (non-hydrogen) atoms. The van der Waals surface area contributed by atoms with Gasteiger partial charge >= 0.3 is 0 Å². The van der Waals surface area contributed by atoms with Crippen LogP contribution in [0, 0.1) is 0 Å². The first-order chi connectivity index (χ1) is 5.83. The van der Waals surface area contributed by atoms with Crippen molar-refractivity contribution in [1.82, 2.24) is 5.32 Å². The minimum Gasteiger partial charge on any atom is -0.409 e. The number of oxime groups is 1. The third-order valence-corrected chi connectivity index (χ3v) is 1.95. The van der Waals surface area contributed by atoms with Crippen molar-refractivity contribution in [2.45, 2.75) is 25.3 Å². The van der Waals surface area contributed by atoms with Crippen LogP contribution in [0.15, 0.2) is 17.3 Å². The van der Waals surface area contributed by atoms with E-state index in [1.165, 1.54) is 0 Å². The summed E-state index contributed by atoms with van der Waals surface area (Å²) in [5.41, 5.74) is 5.30. The van der Waals surface area contributed by atoms with E-state index in [0.717, 1.165) is 19.4 Å². The van der Waals surface area contributed by atoms with Crippen molar-refractivity contribution in [3.63, 3.8) is 0 Å². The Morgan fingerprint density at radius 1 is 1.58 bits per heavy atom. The van der Waals surface area contributed by atoms with Crippen LogP contribution in [0.1, 0.15) is 19.3 Å². The molecule has 1 aliphatic rings. The lowest BCUT2D eigenvalue weighted by atomic mass is 10.2. The number of hydrogen-bond acceptors (Lipinski definition) is 3. The molecule has 0 heterocycles. The first kappa shape index (κ1) is 9.06. The van der Waals surface area contributed by atoms with Gasteiger partial charge in [0.05, 0.1) is 0 Å². The summed E-state index contributed by atoms with van der Waals surface area (Å²) in [5, 5.41) is 14.5. The summed E-state index contributed by atoms with van der Waals surface area (Å²) >= 11 is 0. The lowest BCUT2D eigenvalue weighted by Crippen LogP contribution is -2.30. The molecule has 0 saturated carbocycles. The molecule has 0 saturated heterocycles. The maximum atomic E-state index is 8.25. The van der Waals surface area contributed by atoms with Crippen LogP contribution >= 0.6 is 0 Å². The van der Waals surface area contributed by atoms with Crippen molar-refractivity contribution in [2.24, 2.45) is 10.9 Å². The average molecular weight is 169 g/mol. The average Bonchev–Trinajstić information content (AvgIpc) is 2.57. The van der Waals surface area contributed by atoms with Gasteiger partial charge in [0.25, 0.3) is 0 Å². The standard InChI is InChI=1S/C8H15N3O/c9-8(11-12)5-6-10-7-3-1-2-4-7/h1-2,7,10,12H,3-6H2,(H2,9,11). The normalized spacial score (nSPS) is 18.8. The second-order valence-electron chi connectivity index (χ2n) is 2.94. The first-order valence-corrected chi connectivity index (χ1v) is 4.17. The molecule has 4 nitrogen and oxygen atoms in total. The SMILES string of the molecule is N/C(CCNC1CC=CC1)=N/O. The molecule has 4 N–H and O–H groups in total. The van der Waals surface area contributed by atoms with Crippen molar-refractivity contribution in [1.29, 1.82) is 0 Å². The highest BCUT2D eigenvalue weighted by Gasteiger charge is 2.08. The predicted octanol–water partition coefficient (Wildman–Crippen LogP) is 0.431. The van der Waals surface area contributed by atoms with Crippen LogP contribution in [0.3, 0.4) is 0 Å². The minimum atomic E-state index is 0.286. The van der Waals surface area contributed by atoms with Gasteiger partial charge in [-0.3, -0.25) is 0 Å². The van der Waals surface area contributed by atoms with Gasteiger partial charge in [0.2, 0.25) is 0 Å². The highest BCUT2D eigenvalue weighted by Crippen LogP contribution is 2.08. The van der Waals surface area contributed by atoms with E-state index in [-0.39, 0.29) is 5.84 Å². The summed E-state index contributed by atoms with van der Waals surface area (Å²) in [6.07, 6.45) is 7.13. The van der Waals surface area contributed by atoms with Gasteiger partial charge in [0.15, 0.2) is 0 Å². The van der Waals surface area contributed by atoms with Crippen LogP contribution in [0.25, 0.3) is 0 Å². The topological polar surface area (TPSA) is 70.6 Å². The molecule has 0 bridgehead atoms. The quantitative estimate of drug-likeness (QED) is 0.188. The molecule has 0 radical (unpaired) electrons. The van der Waals surface area contributed by atoms with Crippen molar-refractivity contribution >= 4 is 5.84 Å².